The van der Waals surface area contributed by atoms with E-state index >= 15 is 0 Å². The Balaban J connectivity index is 2.16. The van der Waals surface area contributed by atoms with Crippen molar-refractivity contribution in [1.82, 2.24) is 4.98 Å². The molecule has 2 aromatic heterocycles. The largest absolute Gasteiger partial charge is 0.493 e. The van der Waals surface area contributed by atoms with Gasteiger partial charge >= 0.3 is 0 Å². The topological polar surface area (TPSA) is 94.2 Å². The summed E-state index contributed by atoms with van der Waals surface area (Å²) in [7, 11) is 3.08. The molecule has 7 nitrogen and oxygen atoms in total. The minimum absolute atomic E-state index is 0.0861. The number of aliphatic hydroxyl groups is 2. The van der Waals surface area contributed by atoms with Gasteiger partial charge in [0.25, 0.3) is 0 Å². The number of ether oxygens (including phenoxy) is 3. The maximum absolute atomic E-state index is 10.1. The van der Waals surface area contributed by atoms with Crippen molar-refractivity contribution in [2.45, 2.75) is 25.6 Å². The van der Waals surface area contributed by atoms with Gasteiger partial charge in [0.1, 0.15) is 24.0 Å². The standard InChI is InChI=1S/C18H21NO6/c1-18(2,21)13(20)9-25-15-10-5-6-12(22-3)16(23-4)14(10)19-17-11(15)7-8-24-17/h5-8,13,20-21H,9H2,1-4H3. The number of benzene rings is 1. The molecule has 0 amide bonds. The summed E-state index contributed by atoms with van der Waals surface area (Å²) in [5, 5.41) is 21.3. The quantitative estimate of drug-likeness (QED) is 0.707. The molecule has 0 aliphatic rings. The summed E-state index contributed by atoms with van der Waals surface area (Å²) in [6.07, 6.45) is 0.456. The second-order valence-corrected chi connectivity index (χ2v) is 6.26. The van der Waals surface area contributed by atoms with Crippen molar-refractivity contribution in [2.24, 2.45) is 0 Å². The van der Waals surface area contributed by atoms with Crippen LogP contribution in [0.25, 0.3) is 22.0 Å². The molecule has 0 aliphatic heterocycles. The van der Waals surface area contributed by atoms with Gasteiger partial charge in [-0.3, -0.25) is 0 Å². The van der Waals surface area contributed by atoms with Crippen LogP contribution in [0.3, 0.4) is 0 Å². The molecule has 0 bridgehead atoms. The van der Waals surface area contributed by atoms with Crippen LogP contribution in [0, 0.1) is 0 Å². The van der Waals surface area contributed by atoms with E-state index in [1.54, 1.807) is 19.2 Å². The molecule has 0 saturated heterocycles. The Morgan fingerprint density at radius 3 is 2.52 bits per heavy atom. The molecule has 1 aromatic carbocycles. The van der Waals surface area contributed by atoms with Gasteiger partial charge in [-0.2, -0.15) is 0 Å². The molecule has 0 spiro atoms. The number of aliphatic hydroxyl groups excluding tert-OH is 1. The SMILES string of the molecule is COc1ccc2c(OCC(O)C(C)(C)O)c3ccoc3nc2c1OC. The van der Waals surface area contributed by atoms with Gasteiger partial charge < -0.3 is 28.8 Å². The molecule has 0 saturated carbocycles. The first-order valence-electron chi connectivity index (χ1n) is 7.82. The zero-order valence-electron chi connectivity index (χ0n) is 14.6. The van der Waals surface area contributed by atoms with E-state index in [9.17, 15) is 10.2 Å². The van der Waals surface area contributed by atoms with Crippen molar-refractivity contribution in [3.8, 4) is 17.2 Å². The Kier molecular flexibility index (Phi) is 4.45. The maximum atomic E-state index is 10.1. The van der Waals surface area contributed by atoms with Crippen LogP contribution >= 0.6 is 0 Å². The van der Waals surface area contributed by atoms with E-state index in [4.69, 9.17) is 18.6 Å². The summed E-state index contributed by atoms with van der Waals surface area (Å²) in [5.41, 5.74) is -0.372. The predicted octanol–water partition coefficient (Wildman–Crippen LogP) is 2.51. The molecule has 134 valence electrons. The number of furan rings is 1. The number of nitrogens with zero attached hydrogens (tertiary/aromatic N) is 1. The second-order valence-electron chi connectivity index (χ2n) is 6.26. The van der Waals surface area contributed by atoms with Crippen molar-refractivity contribution in [3.63, 3.8) is 0 Å². The molecule has 3 aromatic rings. The molecule has 0 radical (unpaired) electrons. The number of aromatic nitrogens is 1. The Morgan fingerprint density at radius 1 is 1.12 bits per heavy atom. The third-order valence-corrected chi connectivity index (χ3v) is 4.07. The molecule has 2 N–H and O–H groups in total. The maximum Gasteiger partial charge on any atom is 0.230 e. The zero-order chi connectivity index (χ0) is 18.2. The fourth-order valence-corrected chi connectivity index (χ4v) is 2.53. The molecule has 25 heavy (non-hydrogen) atoms. The zero-order valence-corrected chi connectivity index (χ0v) is 14.6. The average molecular weight is 347 g/mol. The van der Waals surface area contributed by atoms with E-state index in [-0.39, 0.29) is 6.61 Å². The highest BCUT2D eigenvalue weighted by molar-refractivity contribution is 6.02. The lowest BCUT2D eigenvalue weighted by Gasteiger charge is -2.24. The second kappa shape index (κ2) is 6.42. The van der Waals surface area contributed by atoms with Crippen molar-refractivity contribution in [1.29, 1.82) is 0 Å². The molecule has 1 unspecified atom stereocenters. The van der Waals surface area contributed by atoms with E-state index in [1.807, 2.05) is 6.07 Å². The number of rotatable bonds is 6. The highest BCUT2D eigenvalue weighted by atomic mass is 16.5. The van der Waals surface area contributed by atoms with Crippen LogP contribution < -0.4 is 14.2 Å². The van der Waals surface area contributed by atoms with Gasteiger partial charge in [-0.1, -0.05) is 0 Å². The van der Waals surface area contributed by atoms with Gasteiger partial charge in [-0.25, -0.2) is 4.98 Å². The first-order chi connectivity index (χ1) is 11.9. The lowest BCUT2D eigenvalue weighted by atomic mass is 10.0. The molecule has 7 heteroatoms. The number of fused-ring (bicyclic) bond motifs is 2. The van der Waals surface area contributed by atoms with Crippen molar-refractivity contribution in [2.75, 3.05) is 20.8 Å². The highest BCUT2D eigenvalue weighted by Crippen LogP contribution is 2.41. The van der Waals surface area contributed by atoms with E-state index in [1.165, 1.54) is 27.2 Å². The van der Waals surface area contributed by atoms with Gasteiger partial charge in [0.15, 0.2) is 11.5 Å². The number of hydrogen-bond acceptors (Lipinski definition) is 7. The van der Waals surface area contributed by atoms with E-state index in [2.05, 4.69) is 4.98 Å². The molecular weight excluding hydrogens is 326 g/mol. The van der Waals surface area contributed by atoms with E-state index < -0.39 is 11.7 Å². The molecule has 1 atom stereocenters. The average Bonchev–Trinajstić information content (AvgIpc) is 3.04. The fraction of sp³-hybridized carbons (Fsp3) is 0.389. The van der Waals surface area contributed by atoms with Crippen LogP contribution in [0.15, 0.2) is 28.9 Å². The summed E-state index contributed by atoms with van der Waals surface area (Å²) in [5.74, 6) is 1.50. The van der Waals surface area contributed by atoms with Crippen LogP contribution in [-0.4, -0.2) is 47.7 Å². The monoisotopic (exact) mass is 347 g/mol. The van der Waals surface area contributed by atoms with Crippen LogP contribution in [-0.2, 0) is 0 Å². The van der Waals surface area contributed by atoms with Crippen LogP contribution in [0.5, 0.6) is 17.2 Å². The van der Waals surface area contributed by atoms with Crippen molar-refractivity contribution in [3.05, 3.63) is 24.5 Å². The van der Waals surface area contributed by atoms with Gasteiger partial charge in [-0.05, 0) is 32.0 Å². The minimum atomic E-state index is -1.28. The molecular formula is C18H21NO6. The van der Waals surface area contributed by atoms with Crippen molar-refractivity contribution < 1.29 is 28.8 Å². The van der Waals surface area contributed by atoms with E-state index in [0.717, 1.165) is 0 Å². The van der Waals surface area contributed by atoms with Gasteiger partial charge in [0.05, 0.1) is 31.5 Å². The Hall–Kier alpha value is -2.51. The van der Waals surface area contributed by atoms with Crippen LogP contribution in [0.1, 0.15) is 13.8 Å². The Morgan fingerprint density at radius 2 is 1.88 bits per heavy atom. The van der Waals surface area contributed by atoms with Gasteiger partial charge in [0, 0.05) is 5.39 Å². The first kappa shape index (κ1) is 17.3. The molecule has 0 fully saturated rings. The summed E-state index contributed by atoms with van der Waals surface area (Å²) in [4.78, 5) is 4.49. The summed E-state index contributed by atoms with van der Waals surface area (Å²) >= 11 is 0. The molecule has 2 heterocycles. The van der Waals surface area contributed by atoms with Crippen LogP contribution in [0.4, 0.5) is 0 Å². The van der Waals surface area contributed by atoms with Crippen LogP contribution in [0.2, 0.25) is 0 Å². The summed E-state index contributed by atoms with van der Waals surface area (Å²) in [6.45, 7) is 2.96. The van der Waals surface area contributed by atoms with Crippen molar-refractivity contribution >= 4 is 22.0 Å². The lowest BCUT2D eigenvalue weighted by Crippen LogP contribution is -2.40. The third-order valence-electron chi connectivity index (χ3n) is 4.07. The highest BCUT2D eigenvalue weighted by Gasteiger charge is 2.26. The summed E-state index contributed by atoms with van der Waals surface area (Å²) < 4.78 is 22.0. The van der Waals surface area contributed by atoms with Gasteiger partial charge in [0.2, 0.25) is 5.71 Å². The third kappa shape index (κ3) is 3.08. The Bertz CT molecular complexity index is 896. The van der Waals surface area contributed by atoms with Gasteiger partial charge in [-0.15, -0.1) is 0 Å². The normalized spacial score (nSPS) is 13.2. The smallest absolute Gasteiger partial charge is 0.230 e. The van der Waals surface area contributed by atoms with E-state index in [0.29, 0.717) is 39.3 Å². The lowest BCUT2D eigenvalue weighted by molar-refractivity contribution is -0.0658. The first-order valence-corrected chi connectivity index (χ1v) is 7.82. The number of hydrogen-bond donors (Lipinski definition) is 2. The fourth-order valence-electron chi connectivity index (χ4n) is 2.53. The minimum Gasteiger partial charge on any atom is -0.493 e. The number of methoxy groups -OCH3 is 2. The summed E-state index contributed by atoms with van der Waals surface area (Å²) in [6, 6.07) is 5.31. The molecule has 3 rings (SSSR count). The predicted molar refractivity (Wildman–Crippen MR) is 92.4 cm³/mol. The number of pyridine rings is 1. The molecule has 0 aliphatic carbocycles. The Labute approximate surface area is 144 Å².